The van der Waals surface area contributed by atoms with Crippen molar-refractivity contribution in [3.63, 3.8) is 0 Å². The van der Waals surface area contributed by atoms with E-state index in [9.17, 15) is 0 Å². The molecule has 1 saturated heterocycles. The fourth-order valence-electron chi connectivity index (χ4n) is 3.72. The van der Waals surface area contributed by atoms with E-state index >= 15 is 0 Å². The Balaban J connectivity index is 1.63. The number of ether oxygens (including phenoxy) is 2. The molecule has 0 bridgehead atoms. The second-order valence-corrected chi connectivity index (χ2v) is 13.8. The second kappa shape index (κ2) is 8.30. The van der Waals surface area contributed by atoms with Crippen LogP contribution in [0.2, 0.25) is 25.7 Å². The average Bonchev–Trinajstić information content (AvgIpc) is 2.97. The molecule has 134 valence electrons. The lowest BCUT2D eigenvalue weighted by molar-refractivity contribution is -0.0189. The van der Waals surface area contributed by atoms with Crippen LogP contribution in [-0.2, 0) is 16.1 Å². The fraction of sp³-hybridized carbons (Fsp3) is 0.455. The smallest absolute Gasteiger partial charge is 0.0881 e. The highest BCUT2D eigenvalue weighted by molar-refractivity contribution is 6.76. The van der Waals surface area contributed by atoms with Gasteiger partial charge in [0.05, 0.1) is 25.4 Å². The van der Waals surface area contributed by atoms with E-state index in [1.54, 1.807) is 0 Å². The van der Waals surface area contributed by atoms with E-state index in [0.717, 1.165) is 6.42 Å². The SMILES string of the molecule is C[Si](C)(C)C[C@H]1C[C@@H](c2ccccc2)[C@H](COCc2ccccc2)O1. The summed E-state index contributed by atoms with van der Waals surface area (Å²) in [5.74, 6) is 0.443. The summed E-state index contributed by atoms with van der Waals surface area (Å²) in [5, 5.41) is 0. The van der Waals surface area contributed by atoms with Gasteiger partial charge in [-0.25, -0.2) is 0 Å². The van der Waals surface area contributed by atoms with E-state index in [1.807, 2.05) is 6.07 Å². The molecule has 1 aliphatic heterocycles. The molecule has 0 aliphatic carbocycles. The predicted molar refractivity (Wildman–Crippen MR) is 107 cm³/mol. The first-order valence-corrected chi connectivity index (χ1v) is 13.0. The summed E-state index contributed by atoms with van der Waals surface area (Å²) in [4.78, 5) is 0. The Morgan fingerprint density at radius 2 is 1.60 bits per heavy atom. The van der Waals surface area contributed by atoms with Crippen molar-refractivity contribution in [3.8, 4) is 0 Å². The van der Waals surface area contributed by atoms with Crippen LogP contribution in [0.15, 0.2) is 60.7 Å². The second-order valence-electron chi connectivity index (χ2n) is 8.31. The van der Waals surface area contributed by atoms with E-state index in [4.69, 9.17) is 9.47 Å². The van der Waals surface area contributed by atoms with Crippen molar-refractivity contribution in [2.75, 3.05) is 6.61 Å². The van der Waals surface area contributed by atoms with Gasteiger partial charge in [0.1, 0.15) is 0 Å². The maximum Gasteiger partial charge on any atom is 0.0881 e. The van der Waals surface area contributed by atoms with Crippen molar-refractivity contribution in [2.24, 2.45) is 0 Å². The molecule has 3 rings (SSSR count). The van der Waals surface area contributed by atoms with Crippen LogP contribution in [0.4, 0.5) is 0 Å². The molecule has 0 saturated carbocycles. The molecule has 0 spiro atoms. The van der Waals surface area contributed by atoms with E-state index in [2.05, 4.69) is 74.2 Å². The highest BCUT2D eigenvalue weighted by Gasteiger charge is 2.38. The van der Waals surface area contributed by atoms with Crippen LogP contribution < -0.4 is 0 Å². The summed E-state index contributed by atoms with van der Waals surface area (Å²) in [5.41, 5.74) is 2.60. The van der Waals surface area contributed by atoms with Crippen LogP contribution >= 0.6 is 0 Å². The normalized spacial score (nSPS) is 23.7. The molecule has 25 heavy (non-hydrogen) atoms. The first-order valence-electron chi connectivity index (χ1n) is 9.33. The zero-order valence-corrected chi connectivity index (χ0v) is 16.7. The Morgan fingerprint density at radius 1 is 0.960 bits per heavy atom. The van der Waals surface area contributed by atoms with E-state index in [0.29, 0.717) is 25.2 Å². The third kappa shape index (κ3) is 5.53. The maximum atomic E-state index is 6.45. The monoisotopic (exact) mass is 354 g/mol. The summed E-state index contributed by atoms with van der Waals surface area (Å²) in [6, 6.07) is 22.4. The van der Waals surface area contributed by atoms with Crippen LogP contribution in [0.3, 0.4) is 0 Å². The summed E-state index contributed by atoms with van der Waals surface area (Å²) in [6.07, 6.45) is 1.66. The van der Waals surface area contributed by atoms with Gasteiger partial charge in [0.2, 0.25) is 0 Å². The molecule has 1 aliphatic rings. The van der Waals surface area contributed by atoms with Gasteiger partial charge in [0.15, 0.2) is 0 Å². The Kier molecular flexibility index (Phi) is 6.10. The lowest BCUT2D eigenvalue weighted by Gasteiger charge is -2.21. The van der Waals surface area contributed by atoms with Crippen LogP contribution in [0.25, 0.3) is 0 Å². The molecule has 2 nitrogen and oxygen atoms in total. The molecule has 3 atom stereocenters. The van der Waals surface area contributed by atoms with Gasteiger partial charge in [-0.05, 0) is 23.6 Å². The van der Waals surface area contributed by atoms with Gasteiger partial charge in [-0.15, -0.1) is 0 Å². The minimum absolute atomic E-state index is 0.160. The minimum Gasteiger partial charge on any atom is -0.374 e. The van der Waals surface area contributed by atoms with Crippen molar-refractivity contribution < 1.29 is 9.47 Å². The van der Waals surface area contributed by atoms with Gasteiger partial charge in [-0.1, -0.05) is 80.3 Å². The highest BCUT2D eigenvalue weighted by atomic mass is 28.3. The summed E-state index contributed by atoms with van der Waals surface area (Å²) >= 11 is 0. The standard InChI is InChI=1S/C22H30O2Si/c1-25(2,3)17-20-14-21(19-12-8-5-9-13-19)22(24-20)16-23-15-18-10-6-4-7-11-18/h4-13,20-22H,14-17H2,1-3H3/t20-,21+,22+/m1/s1. The minimum atomic E-state index is -1.13. The van der Waals surface area contributed by atoms with Crippen molar-refractivity contribution in [1.29, 1.82) is 0 Å². The zero-order valence-electron chi connectivity index (χ0n) is 15.7. The summed E-state index contributed by atoms with van der Waals surface area (Å²) in [7, 11) is -1.13. The van der Waals surface area contributed by atoms with Crippen LogP contribution in [-0.4, -0.2) is 26.9 Å². The molecule has 1 heterocycles. The molecular formula is C22H30O2Si. The molecule has 0 radical (unpaired) electrons. The fourth-order valence-corrected chi connectivity index (χ4v) is 5.35. The summed E-state index contributed by atoms with van der Waals surface area (Å²) < 4.78 is 12.5. The first-order chi connectivity index (χ1) is 12.0. The van der Waals surface area contributed by atoms with Crippen molar-refractivity contribution >= 4 is 8.07 Å². The van der Waals surface area contributed by atoms with Gasteiger partial charge in [-0.3, -0.25) is 0 Å². The lowest BCUT2D eigenvalue weighted by Crippen LogP contribution is -2.27. The van der Waals surface area contributed by atoms with Crippen LogP contribution in [0.1, 0.15) is 23.5 Å². The largest absolute Gasteiger partial charge is 0.374 e. The van der Waals surface area contributed by atoms with E-state index < -0.39 is 8.07 Å². The van der Waals surface area contributed by atoms with E-state index in [-0.39, 0.29) is 6.10 Å². The molecule has 3 heteroatoms. The van der Waals surface area contributed by atoms with Crippen molar-refractivity contribution in [1.82, 2.24) is 0 Å². The number of rotatable bonds is 7. The Morgan fingerprint density at radius 3 is 2.24 bits per heavy atom. The average molecular weight is 355 g/mol. The number of hydrogen-bond acceptors (Lipinski definition) is 2. The third-order valence-electron chi connectivity index (χ3n) is 4.79. The Labute approximate surface area is 153 Å². The van der Waals surface area contributed by atoms with Crippen molar-refractivity contribution in [3.05, 3.63) is 71.8 Å². The molecule has 0 amide bonds. The molecule has 1 fully saturated rings. The van der Waals surface area contributed by atoms with Gasteiger partial charge in [0, 0.05) is 14.0 Å². The van der Waals surface area contributed by atoms with Gasteiger partial charge in [0.25, 0.3) is 0 Å². The Hall–Kier alpha value is -1.42. The van der Waals surface area contributed by atoms with Gasteiger partial charge >= 0.3 is 0 Å². The Bertz CT molecular complexity index is 636. The van der Waals surface area contributed by atoms with Gasteiger partial charge in [-0.2, -0.15) is 0 Å². The quantitative estimate of drug-likeness (QED) is 0.613. The maximum absolute atomic E-state index is 6.45. The molecule has 2 aromatic carbocycles. The first kappa shape index (κ1) is 18.4. The molecular weight excluding hydrogens is 324 g/mol. The predicted octanol–water partition coefficient (Wildman–Crippen LogP) is 5.48. The lowest BCUT2D eigenvalue weighted by atomic mass is 9.91. The van der Waals surface area contributed by atoms with Crippen molar-refractivity contribution in [2.45, 2.75) is 56.8 Å². The van der Waals surface area contributed by atoms with Gasteiger partial charge < -0.3 is 9.47 Å². The molecule has 0 aromatic heterocycles. The topological polar surface area (TPSA) is 18.5 Å². The molecule has 0 N–H and O–H groups in total. The zero-order chi connectivity index (χ0) is 17.7. The third-order valence-corrected chi connectivity index (χ3v) is 6.47. The highest BCUT2D eigenvalue weighted by Crippen LogP contribution is 2.38. The van der Waals surface area contributed by atoms with Crippen LogP contribution in [0, 0.1) is 0 Å². The van der Waals surface area contributed by atoms with E-state index in [1.165, 1.54) is 17.2 Å². The summed E-state index contributed by atoms with van der Waals surface area (Å²) in [6.45, 7) is 8.59. The van der Waals surface area contributed by atoms with Crippen LogP contribution in [0.5, 0.6) is 0 Å². The molecule has 0 unspecified atom stereocenters. The number of benzene rings is 2. The number of hydrogen-bond donors (Lipinski definition) is 0. The molecule has 2 aromatic rings.